The molecule has 0 spiro atoms. The second-order valence-corrected chi connectivity index (χ2v) is 7.63. The zero-order valence-corrected chi connectivity index (χ0v) is 18.4. The van der Waals surface area contributed by atoms with Crippen LogP contribution >= 0.6 is 0 Å². The van der Waals surface area contributed by atoms with Gasteiger partial charge in [-0.05, 0) is 63.1 Å². The topological polar surface area (TPSA) is 81.4 Å². The Kier molecular flexibility index (Phi) is 5.42. The molecule has 0 aliphatic heterocycles. The normalized spacial score (nSPS) is 11.0. The van der Waals surface area contributed by atoms with Gasteiger partial charge in [0.25, 0.3) is 5.78 Å². The first-order valence-corrected chi connectivity index (χ1v) is 10.1. The molecule has 0 aliphatic rings. The van der Waals surface area contributed by atoms with E-state index in [9.17, 15) is 4.79 Å². The van der Waals surface area contributed by atoms with Gasteiger partial charge in [0.15, 0.2) is 5.82 Å². The van der Waals surface area contributed by atoms with E-state index in [1.54, 1.807) is 11.6 Å². The van der Waals surface area contributed by atoms with Crippen molar-refractivity contribution in [1.82, 2.24) is 19.6 Å². The monoisotopic (exact) mass is 415 g/mol. The van der Waals surface area contributed by atoms with Crippen LogP contribution < -0.4 is 10.1 Å². The summed E-state index contributed by atoms with van der Waals surface area (Å²) in [5.41, 5.74) is 6.28. The number of aromatic nitrogens is 4. The number of anilines is 1. The molecule has 158 valence electrons. The average molecular weight is 415 g/mol. The van der Waals surface area contributed by atoms with Gasteiger partial charge in [0, 0.05) is 28.2 Å². The fourth-order valence-electron chi connectivity index (χ4n) is 3.68. The Hall–Kier alpha value is -3.74. The van der Waals surface area contributed by atoms with E-state index in [-0.39, 0.29) is 12.3 Å². The highest BCUT2D eigenvalue weighted by molar-refractivity contribution is 5.94. The van der Waals surface area contributed by atoms with Gasteiger partial charge in [0.05, 0.1) is 13.5 Å². The molecule has 0 fully saturated rings. The van der Waals surface area contributed by atoms with E-state index in [0.29, 0.717) is 11.6 Å². The number of aryl methyl sites for hydroxylation is 4. The summed E-state index contributed by atoms with van der Waals surface area (Å²) in [7, 11) is 1.63. The van der Waals surface area contributed by atoms with E-state index in [1.165, 1.54) is 0 Å². The summed E-state index contributed by atoms with van der Waals surface area (Å²) in [6.07, 6.45) is 0.214. The fraction of sp³-hybridized carbons (Fsp3) is 0.250. The molecule has 7 heteroatoms. The average Bonchev–Trinajstić information content (AvgIpc) is 3.18. The number of methoxy groups -OCH3 is 1. The number of amides is 1. The van der Waals surface area contributed by atoms with Crippen LogP contribution in [0.2, 0.25) is 0 Å². The maximum Gasteiger partial charge on any atom is 0.253 e. The highest BCUT2D eigenvalue weighted by Gasteiger charge is 2.17. The van der Waals surface area contributed by atoms with Crippen molar-refractivity contribution in [3.8, 4) is 17.1 Å². The van der Waals surface area contributed by atoms with Crippen molar-refractivity contribution in [1.29, 1.82) is 0 Å². The lowest BCUT2D eigenvalue weighted by Gasteiger charge is -2.13. The summed E-state index contributed by atoms with van der Waals surface area (Å²) < 4.78 is 6.92. The van der Waals surface area contributed by atoms with Crippen molar-refractivity contribution in [2.45, 2.75) is 34.1 Å². The molecule has 0 radical (unpaired) electrons. The second-order valence-electron chi connectivity index (χ2n) is 7.63. The molecule has 0 atom stereocenters. The van der Waals surface area contributed by atoms with Gasteiger partial charge in [-0.15, -0.1) is 5.10 Å². The lowest BCUT2D eigenvalue weighted by molar-refractivity contribution is -0.115. The van der Waals surface area contributed by atoms with Crippen LogP contribution in [0.25, 0.3) is 17.2 Å². The van der Waals surface area contributed by atoms with Crippen LogP contribution in [0.4, 0.5) is 5.69 Å². The third-order valence-electron chi connectivity index (χ3n) is 5.48. The van der Waals surface area contributed by atoms with Crippen LogP contribution in [0, 0.1) is 27.7 Å². The summed E-state index contributed by atoms with van der Waals surface area (Å²) in [5.74, 6) is 1.78. The van der Waals surface area contributed by atoms with Gasteiger partial charge in [0.2, 0.25) is 5.91 Å². The molecule has 0 bridgehead atoms. The largest absolute Gasteiger partial charge is 0.497 e. The first kappa shape index (κ1) is 20.5. The molecule has 31 heavy (non-hydrogen) atoms. The van der Waals surface area contributed by atoms with Gasteiger partial charge >= 0.3 is 0 Å². The Balaban J connectivity index is 1.64. The zero-order chi connectivity index (χ0) is 22.1. The minimum absolute atomic E-state index is 0.0831. The number of ether oxygens (including phenoxy) is 1. The SMILES string of the molecule is COc1ccc(-c2nc3nc(C)c(CC(=O)Nc4c(C)cccc4C)c(C)n3n2)cc1. The van der Waals surface area contributed by atoms with E-state index >= 15 is 0 Å². The highest BCUT2D eigenvalue weighted by Crippen LogP contribution is 2.23. The van der Waals surface area contributed by atoms with Crippen molar-refractivity contribution in [3.05, 3.63) is 70.5 Å². The van der Waals surface area contributed by atoms with Crippen molar-refractivity contribution >= 4 is 17.4 Å². The summed E-state index contributed by atoms with van der Waals surface area (Å²) in [4.78, 5) is 22.0. The second kappa shape index (κ2) is 8.18. The van der Waals surface area contributed by atoms with E-state index in [1.807, 2.05) is 70.2 Å². The number of hydrogen-bond donors (Lipinski definition) is 1. The molecule has 4 rings (SSSR count). The summed E-state index contributed by atoms with van der Waals surface area (Å²) in [6.45, 7) is 7.82. The Bertz CT molecular complexity index is 1260. The molecule has 1 N–H and O–H groups in total. The number of nitrogens with one attached hydrogen (secondary N) is 1. The molecule has 1 amide bonds. The van der Waals surface area contributed by atoms with Crippen LogP contribution in [0.1, 0.15) is 28.1 Å². The van der Waals surface area contributed by atoms with Crippen LogP contribution in [0.5, 0.6) is 5.75 Å². The maximum absolute atomic E-state index is 12.8. The van der Waals surface area contributed by atoms with Crippen LogP contribution in [0.15, 0.2) is 42.5 Å². The van der Waals surface area contributed by atoms with E-state index in [2.05, 4.69) is 20.4 Å². The van der Waals surface area contributed by atoms with Gasteiger partial charge in [0.1, 0.15) is 5.75 Å². The predicted octanol–water partition coefficient (Wildman–Crippen LogP) is 4.21. The zero-order valence-electron chi connectivity index (χ0n) is 18.4. The minimum atomic E-state index is -0.0831. The minimum Gasteiger partial charge on any atom is -0.497 e. The number of hydrogen-bond acceptors (Lipinski definition) is 5. The van der Waals surface area contributed by atoms with Crippen molar-refractivity contribution in [2.75, 3.05) is 12.4 Å². The molecule has 7 nitrogen and oxygen atoms in total. The molecule has 2 heterocycles. The quantitative estimate of drug-likeness (QED) is 0.528. The van der Waals surface area contributed by atoms with Gasteiger partial charge in [-0.25, -0.2) is 9.50 Å². The standard InChI is InChI=1S/C24H25N5O2/c1-14-7-6-8-15(2)22(14)26-21(30)13-20-16(3)25-24-27-23(28-29(24)17(20)4)18-9-11-19(31-5)12-10-18/h6-12H,13H2,1-5H3,(H,26,30). The van der Waals surface area contributed by atoms with Gasteiger partial charge < -0.3 is 10.1 Å². The molecular weight excluding hydrogens is 390 g/mol. The molecule has 2 aromatic carbocycles. The third-order valence-corrected chi connectivity index (χ3v) is 5.48. The smallest absolute Gasteiger partial charge is 0.253 e. The van der Waals surface area contributed by atoms with Crippen molar-refractivity contribution < 1.29 is 9.53 Å². The van der Waals surface area contributed by atoms with E-state index in [4.69, 9.17) is 4.74 Å². The molecule has 0 saturated heterocycles. The first-order chi connectivity index (χ1) is 14.9. The van der Waals surface area contributed by atoms with E-state index in [0.717, 1.165) is 45.1 Å². The lowest BCUT2D eigenvalue weighted by Crippen LogP contribution is -2.19. The molecule has 0 aliphatic carbocycles. The highest BCUT2D eigenvalue weighted by atomic mass is 16.5. The Labute approximate surface area is 181 Å². The summed E-state index contributed by atoms with van der Waals surface area (Å²) >= 11 is 0. The Morgan fingerprint density at radius 3 is 2.32 bits per heavy atom. The molecular formula is C24H25N5O2. The van der Waals surface area contributed by atoms with Crippen LogP contribution in [0.3, 0.4) is 0 Å². The fourth-order valence-corrected chi connectivity index (χ4v) is 3.68. The molecule has 2 aromatic heterocycles. The van der Waals surface area contributed by atoms with E-state index < -0.39 is 0 Å². The number of para-hydroxylation sites is 1. The third kappa shape index (κ3) is 3.99. The number of carbonyl (C=O) groups excluding carboxylic acids is 1. The van der Waals surface area contributed by atoms with Crippen molar-refractivity contribution in [3.63, 3.8) is 0 Å². The first-order valence-electron chi connectivity index (χ1n) is 10.1. The van der Waals surface area contributed by atoms with Crippen LogP contribution in [-0.4, -0.2) is 32.6 Å². The number of benzene rings is 2. The Morgan fingerprint density at radius 1 is 1.00 bits per heavy atom. The van der Waals surface area contributed by atoms with Crippen molar-refractivity contribution in [2.24, 2.45) is 0 Å². The summed E-state index contributed by atoms with van der Waals surface area (Å²) in [6, 6.07) is 13.5. The summed E-state index contributed by atoms with van der Waals surface area (Å²) in [5, 5.41) is 7.68. The predicted molar refractivity (Wildman–Crippen MR) is 120 cm³/mol. The molecule has 0 unspecified atom stereocenters. The molecule has 4 aromatic rings. The number of rotatable bonds is 5. The Morgan fingerprint density at radius 2 is 1.68 bits per heavy atom. The number of fused-ring (bicyclic) bond motifs is 1. The number of nitrogens with zero attached hydrogens (tertiary/aromatic N) is 4. The molecule has 0 saturated carbocycles. The van der Waals surface area contributed by atoms with Gasteiger partial charge in [-0.2, -0.15) is 4.98 Å². The van der Waals surface area contributed by atoms with Crippen LogP contribution in [-0.2, 0) is 11.2 Å². The maximum atomic E-state index is 12.8. The number of carbonyl (C=O) groups is 1. The van der Waals surface area contributed by atoms with Gasteiger partial charge in [-0.3, -0.25) is 4.79 Å². The van der Waals surface area contributed by atoms with Gasteiger partial charge in [-0.1, -0.05) is 18.2 Å². The lowest BCUT2D eigenvalue weighted by atomic mass is 10.1.